The van der Waals surface area contributed by atoms with E-state index < -0.39 is 46.6 Å². The van der Waals surface area contributed by atoms with Gasteiger partial charge in [0.15, 0.2) is 0 Å². The van der Waals surface area contributed by atoms with Crippen molar-refractivity contribution in [2.24, 2.45) is 0 Å². The lowest BCUT2D eigenvalue weighted by atomic mass is 10.3. The van der Waals surface area contributed by atoms with E-state index in [1.165, 1.54) is 0 Å². The Morgan fingerprint density at radius 3 is 1.67 bits per heavy atom. The highest BCUT2D eigenvalue weighted by Crippen LogP contribution is 2.27. The van der Waals surface area contributed by atoms with Crippen LogP contribution in [0.4, 0.5) is 20.2 Å². The Balaban J connectivity index is 2.09. The number of hydrogen-bond donors (Lipinski definition) is 0. The van der Waals surface area contributed by atoms with Crippen molar-refractivity contribution in [3.8, 4) is 0 Å². The smallest absolute Gasteiger partial charge is 0.358 e. The molecule has 0 N–H and O–H groups in total. The monoisotopic (exact) mass is 460 g/mol. The highest BCUT2D eigenvalue weighted by Gasteiger charge is 2.44. The summed E-state index contributed by atoms with van der Waals surface area (Å²) in [4.78, 5) is -0.555. The standard InChI is InChI=1S/C16H14F2N4O6S2/c1-20(13-7-3-11(17)4-8-13)29(24,25)15-16(22(23)28-19-15)30(26,27)21(2)14-9-5-12(18)6-10-14/h3-10H,1-2H3. The first-order valence-electron chi connectivity index (χ1n) is 8.05. The van der Waals surface area contributed by atoms with E-state index in [-0.39, 0.29) is 11.4 Å². The SMILES string of the molecule is CN(c1ccc(F)cc1)S(=O)(=O)c1no[n+]([O-])c1S(=O)(=O)N(C)c1ccc(F)cc1. The normalized spacial score (nSPS) is 12.0. The van der Waals surface area contributed by atoms with Crippen molar-refractivity contribution in [1.29, 1.82) is 0 Å². The van der Waals surface area contributed by atoms with E-state index in [2.05, 4.69) is 9.79 Å². The summed E-state index contributed by atoms with van der Waals surface area (Å²) in [5.41, 5.74) is -0.0695. The van der Waals surface area contributed by atoms with Crippen molar-refractivity contribution in [3.63, 3.8) is 0 Å². The summed E-state index contributed by atoms with van der Waals surface area (Å²) in [7, 11) is -7.39. The first-order valence-corrected chi connectivity index (χ1v) is 10.9. The molecule has 0 aliphatic carbocycles. The van der Waals surface area contributed by atoms with Gasteiger partial charge >= 0.3 is 30.1 Å². The summed E-state index contributed by atoms with van der Waals surface area (Å²) in [5.74, 6) is -1.25. The Morgan fingerprint density at radius 2 is 1.23 bits per heavy atom. The lowest BCUT2D eigenvalue weighted by Crippen LogP contribution is -2.39. The molecule has 0 saturated carbocycles. The van der Waals surface area contributed by atoms with Gasteiger partial charge in [-0.3, -0.25) is 13.2 Å². The van der Waals surface area contributed by atoms with E-state index in [9.17, 15) is 30.8 Å². The fourth-order valence-corrected chi connectivity index (χ4v) is 5.28. The van der Waals surface area contributed by atoms with Crippen molar-refractivity contribution in [1.82, 2.24) is 5.16 Å². The summed E-state index contributed by atoms with van der Waals surface area (Å²) in [5, 5.41) is 12.7. The van der Waals surface area contributed by atoms with Gasteiger partial charge in [0.1, 0.15) is 11.6 Å². The summed E-state index contributed by atoms with van der Waals surface area (Å²) < 4.78 is 83.4. The molecule has 0 atom stereocenters. The molecule has 1 heterocycles. The quantitative estimate of drug-likeness (QED) is 0.506. The molecule has 0 fully saturated rings. The van der Waals surface area contributed by atoms with E-state index in [4.69, 9.17) is 0 Å². The molecule has 0 aliphatic heterocycles. The minimum atomic E-state index is -4.79. The van der Waals surface area contributed by atoms with Crippen LogP contribution in [0.1, 0.15) is 0 Å². The Morgan fingerprint density at radius 1 is 0.833 bits per heavy atom. The Labute approximate surface area is 170 Å². The third-order valence-corrected chi connectivity index (χ3v) is 7.72. The first kappa shape index (κ1) is 21.4. The summed E-state index contributed by atoms with van der Waals surface area (Å²) in [6.07, 6.45) is 0. The highest BCUT2D eigenvalue weighted by molar-refractivity contribution is 7.95. The topological polar surface area (TPSA) is 128 Å². The Bertz CT molecular complexity index is 1280. The predicted molar refractivity (Wildman–Crippen MR) is 99.4 cm³/mol. The molecule has 1 aromatic heterocycles. The molecule has 0 radical (unpaired) electrons. The second-order valence-corrected chi connectivity index (χ2v) is 9.71. The second-order valence-electron chi connectivity index (χ2n) is 5.94. The van der Waals surface area contributed by atoms with Crippen molar-refractivity contribution in [2.45, 2.75) is 10.1 Å². The molecule has 0 saturated heterocycles. The van der Waals surface area contributed by atoms with Crippen LogP contribution < -0.4 is 13.5 Å². The van der Waals surface area contributed by atoms with Gasteiger partial charge < -0.3 is 5.21 Å². The van der Waals surface area contributed by atoms with Crippen LogP contribution in [0.15, 0.2) is 63.2 Å². The van der Waals surface area contributed by atoms with Gasteiger partial charge in [0, 0.05) is 14.1 Å². The van der Waals surface area contributed by atoms with Crippen LogP contribution >= 0.6 is 0 Å². The number of sulfonamides is 2. The third kappa shape index (κ3) is 3.66. The molecule has 0 aliphatic rings. The van der Waals surface area contributed by atoms with Gasteiger partial charge in [-0.25, -0.2) is 8.78 Å². The van der Waals surface area contributed by atoms with Crippen LogP contribution in [0.3, 0.4) is 0 Å². The third-order valence-electron chi connectivity index (χ3n) is 4.14. The van der Waals surface area contributed by atoms with Crippen LogP contribution in [-0.2, 0) is 20.0 Å². The molecule has 0 spiro atoms. The lowest BCUT2D eigenvalue weighted by Gasteiger charge is -2.19. The van der Waals surface area contributed by atoms with E-state index in [1.807, 2.05) is 0 Å². The van der Waals surface area contributed by atoms with Gasteiger partial charge in [0.25, 0.3) is 0 Å². The number of halogens is 2. The van der Waals surface area contributed by atoms with E-state index in [0.29, 0.717) is 8.61 Å². The molecule has 2 aromatic carbocycles. The van der Waals surface area contributed by atoms with Gasteiger partial charge in [0.05, 0.1) is 16.5 Å². The summed E-state index contributed by atoms with van der Waals surface area (Å²) in [6, 6.07) is 8.48. The zero-order valence-electron chi connectivity index (χ0n) is 15.4. The maximum Gasteiger partial charge on any atom is 0.372 e. The average Bonchev–Trinajstić information content (AvgIpc) is 3.11. The molecule has 0 unspecified atom stereocenters. The molecule has 0 bridgehead atoms. The van der Waals surface area contributed by atoms with Crippen molar-refractivity contribution in [2.75, 3.05) is 22.7 Å². The van der Waals surface area contributed by atoms with E-state index in [1.54, 1.807) is 0 Å². The Hall–Kier alpha value is -3.26. The number of rotatable bonds is 6. The zero-order valence-corrected chi connectivity index (χ0v) is 17.1. The summed E-state index contributed by atoms with van der Waals surface area (Å²) in [6.45, 7) is 0. The van der Waals surface area contributed by atoms with Gasteiger partial charge in [-0.05, 0) is 53.4 Å². The first-order chi connectivity index (χ1) is 14.0. The second kappa shape index (κ2) is 7.53. The van der Waals surface area contributed by atoms with E-state index >= 15 is 0 Å². The van der Waals surface area contributed by atoms with Crippen molar-refractivity contribution in [3.05, 3.63) is 65.4 Å². The van der Waals surface area contributed by atoms with Crippen LogP contribution in [-0.4, -0.2) is 36.1 Å². The molecule has 3 rings (SSSR count). The number of hydrogen-bond acceptors (Lipinski definition) is 7. The fraction of sp³-hybridized carbons (Fsp3) is 0.125. The van der Waals surface area contributed by atoms with Gasteiger partial charge in [-0.15, -0.1) is 0 Å². The van der Waals surface area contributed by atoms with Crippen LogP contribution in [0.2, 0.25) is 0 Å². The van der Waals surface area contributed by atoms with Crippen LogP contribution in [0.5, 0.6) is 0 Å². The Kier molecular flexibility index (Phi) is 5.38. The molecule has 30 heavy (non-hydrogen) atoms. The van der Waals surface area contributed by atoms with Crippen LogP contribution in [0.25, 0.3) is 0 Å². The number of anilines is 2. The lowest BCUT2D eigenvalue weighted by molar-refractivity contribution is -0.832. The van der Waals surface area contributed by atoms with Crippen molar-refractivity contribution >= 4 is 31.4 Å². The molecule has 10 nitrogen and oxygen atoms in total. The number of nitrogens with zero attached hydrogens (tertiary/aromatic N) is 4. The fourth-order valence-electron chi connectivity index (χ4n) is 2.43. The average molecular weight is 460 g/mol. The molecule has 14 heteroatoms. The van der Waals surface area contributed by atoms with Gasteiger partial charge in [-0.1, -0.05) is 0 Å². The summed E-state index contributed by atoms with van der Waals surface area (Å²) >= 11 is 0. The molecular weight excluding hydrogens is 446 g/mol. The van der Waals surface area contributed by atoms with Crippen LogP contribution in [0, 0.1) is 16.8 Å². The maximum absolute atomic E-state index is 13.1. The molecule has 3 aromatic rings. The van der Waals surface area contributed by atoms with E-state index in [0.717, 1.165) is 62.6 Å². The minimum absolute atomic E-state index is 0.0212. The molecule has 160 valence electrons. The van der Waals surface area contributed by atoms with Gasteiger partial charge in [-0.2, -0.15) is 16.8 Å². The number of benzene rings is 2. The minimum Gasteiger partial charge on any atom is -0.358 e. The predicted octanol–water partition coefficient (Wildman–Crippen LogP) is 1.24. The van der Waals surface area contributed by atoms with Gasteiger partial charge in [0.2, 0.25) is 0 Å². The molecular formula is C16H14F2N4O6S2. The zero-order chi connectivity index (χ0) is 22.3. The maximum atomic E-state index is 13.1. The largest absolute Gasteiger partial charge is 0.372 e. The van der Waals surface area contributed by atoms with Crippen molar-refractivity contribution < 1.29 is 35.1 Å². The molecule has 0 amide bonds. The highest BCUT2D eigenvalue weighted by atomic mass is 32.2. The number of aromatic nitrogens is 2.